The highest BCUT2D eigenvalue weighted by molar-refractivity contribution is 5.72. The second-order valence-corrected chi connectivity index (χ2v) is 5.00. The number of carbonyl (C=O) groups is 1. The predicted molar refractivity (Wildman–Crippen MR) is 60.4 cm³/mol. The van der Waals surface area contributed by atoms with Crippen molar-refractivity contribution in [3.8, 4) is 0 Å². The summed E-state index contributed by atoms with van der Waals surface area (Å²) in [6, 6.07) is 0.626. The van der Waals surface area contributed by atoms with Crippen molar-refractivity contribution in [1.29, 1.82) is 0 Å². The quantitative estimate of drug-likeness (QED) is 0.793. The average molecular weight is 227 g/mol. The van der Waals surface area contributed by atoms with Crippen molar-refractivity contribution in [3.05, 3.63) is 0 Å². The van der Waals surface area contributed by atoms with Crippen LogP contribution in [-0.4, -0.2) is 47.3 Å². The van der Waals surface area contributed by atoms with Gasteiger partial charge in [0.2, 0.25) is 0 Å². The van der Waals surface area contributed by atoms with Crippen LogP contribution in [0.25, 0.3) is 0 Å². The molecule has 2 heterocycles. The number of hydrogen-bond acceptors (Lipinski definition) is 3. The summed E-state index contributed by atoms with van der Waals surface area (Å²) >= 11 is 0. The van der Waals surface area contributed by atoms with Crippen LogP contribution in [0.15, 0.2) is 0 Å². The fourth-order valence-electron chi connectivity index (χ4n) is 2.71. The van der Waals surface area contributed by atoms with Crippen LogP contribution in [0.4, 0.5) is 0 Å². The lowest BCUT2D eigenvalue weighted by Gasteiger charge is -2.34. The molecule has 4 heteroatoms. The van der Waals surface area contributed by atoms with Crippen molar-refractivity contribution < 1.29 is 14.6 Å². The van der Waals surface area contributed by atoms with Gasteiger partial charge in [0.1, 0.15) is 0 Å². The van der Waals surface area contributed by atoms with Crippen molar-refractivity contribution in [2.24, 2.45) is 0 Å². The minimum atomic E-state index is -0.811. The largest absolute Gasteiger partial charge is 0.479 e. The van der Waals surface area contributed by atoms with Gasteiger partial charge >= 0.3 is 5.97 Å². The van der Waals surface area contributed by atoms with E-state index in [2.05, 4.69) is 11.8 Å². The molecule has 2 fully saturated rings. The Morgan fingerprint density at radius 1 is 1.38 bits per heavy atom. The van der Waals surface area contributed by atoms with Crippen LogP contribution in [0.5, 0.6) is 0 Å². The lowest BCUT2D eigenvalue weighted by atomic mass is 10.0. The normalized spacial score (nSPS) is 36.4. The number of ether oxygens (including phenoxy) is 1. The lowest BCUT2D eigenvalue weighted by molar-refractivity contribution is -0.149. The van der Waals surface area contributed by atoms with E-state index in [1.54, 1.807) is 0 Å². The van der Waals surface area contributed by atoms with Gasteiger partial charge in [-0.2, -0.15) is 0 Å². The van der Waals surface area contributed by atoms with Gasteiger partial charge in [-0.15, -0.1) is 0 Å². The molecule has 92 valence electrons. The molecule has 0 aromatic carbocycles. The first kappa shape index (κ1) is 11.9. The third-order valence-corrected chi connectivity index (χ3v) is 3.76. The number of carboxylic acid groups (broad SMARTS) is 1. The fraction of sp³-hybridized carbons (Fsp3) is 0.917. The molecular formula is C12H21NO3. The Balaban J connectivity index is 1.79. The predicted octanol–water partition coefficient (Wildman–Crippen LogP) is 1.49. The SMILES string of the molecule is CC1CCCCN1C[C@@H]1CC[C@H](C(=O)O)O1. The van der Waals surface area contributed by atoms with Gasteiger partial charge in [0, 0.05) is 12.6 Å². The van der Waals surface area contributed by atoms with Crippen molar-refractivity contribution in [2.75, 3.05) is 13.1 Å². The maximum Gasteiger partial charge on any atom is 0.332 e. The van der Waals surface area contributed by atoms with Crippen molar-refractivity contribution in [2.45, 2.75) is 57.3 Å². The number of nitrogens with zero attached hydrogens (tertiary/aromatic N) is 1. The van der Waals surface area contributed by atoms with Crippen LogP contribution >= 0.6 is 0 Å². The van der Waals surface area contributed by atoms with Gasteiger partial charge < -0.3 is 9.84 Å². The smallest absolute Gasteiger partial charge is 0.332 e. The van der Waals surface area contributed by atoms with E-state index in [9.17, 15) is 4.79 Å². The molecule has 0 aromatic heterocycles. The molecule has 0 bridgehead atoms. The Kier molecular flexibility index (Phi) is 3.82. The summed E-state index contributed by atoms with van der Waals surface area (Å²) in [6.07, 6.45) is 4.96. The standard InChI is InChI=1S/C12H21NO3/c1-9-4-2-3-7-13(9)8-10-5-6-11(16-10)12(14)15/h9-11H,2-8H2,1H3,(H,14,15)/t9?,10-,11+/m0/s1. The molecule has 4 nitrogen and oxygen atoms in total. The molecule has 0 amide bonds. The molecule has 16 heavy (non-hydrogen) atoms. The summed E-state index contributed by atoms with van der Waals surface area (Å²) in [7, 11) is 0. The molecular weight excluding hydrogens is 206 g/mol. The van der Waals surface area contributed by atoms with E-state index in [4.69, 9.17) is 9.84 Å². The van der Waals surface area contributed by atoms with Gasteiger partial charge in [-0.05, 0) is 39.2 Å². The van der Waals surface area contributed by atoms with Crippen LogP contribution < -0.4 is 0 Å². The average Bonchev–Trinajstić information content (AvgIpc) is 2.70. The zero-order chi connectivity index (χ0) is 11.5. The van der Waals surface area contributed by atoms with Crippen LogP contribution in [0.2, 0.25) is 0 Å². The summed E-state index contributed by atoms with van der Waals surface area (Å²) in [5.41, 5.74) is 0. The number of aliphatic carboxylic acids is 1. The number of rotatable bonds is 3. The van der Waals surface area contributed by atoms with Crippen LogP contribution in [0.3, 0.4) is 0 Å². The minimum Gasteiger partial charge on any atom is -0.479 e. The second-order valence-electron chi connectivity index (χ2n) is 5.00. The minimum absolute atomic E-state index is 0.127. The van der Waals surface area contributed by atoms with Gasteiger partial charge in [0.05, 0.1) is 6.10 Å². The van der Waals surface area contributed by atoms with Crippen molar-refractivity contribution in [1.82, 2.24) is 4.90 Å². The van der Waals surface area contributed by atoms with E-state index in [-0.39, 0.29) is 6.10 Å². The van der Waals surface area contributed by atoms with E-state index in [0.29, 0.717) is 12.5 Å². The Bertz CT molecular complexity index is 257. The molecule has 2 aliphatic heterocycles. The van der Waals surface area contributed by atoms with Crippen LogP contribution in [0, 0.1) is 0 Å². The first-order valence-electron chi connectivity index (χ1n) is 6.29. The highest BCUT2D eigenvalue weighted by Crippen LogP contribution is 2.23. The molecule has 0 spiro atoms. The molecule has 0 saturated carbocycles. The molecule has 1 N–H and O–H groups in total. The number of likely N-dealkylation sites (tertiary alicyclic amines) is 1. The Labute approximate surface area is 96.6 Å². The first-order chi connectivity index (χ1) is 7.66. The first-order valence-corrected chi connectivity index (χ1v) is 6.29. The van der Waals surface area contributed by atoms with Crippen LogP contribution in [-0.2, 0) is 9.53 Å². The maximum atomic E-state index is 10.8. The Hall–Kier alpha value is -0.610. The molecule has 2 aliphatic rings. The summed E-state index contributed by atoms with van der Waals surface area (Å²) in [5, 5.41) is 8.85. The van der Waals surface area contributed by atoms with Gasteiger partial charge in [-0.3, -0.25) is 4.90 Å². The van der Waals surface area contributed by atoms with E-state index < -0.39 is 12.1 Å². The number of carboxylic acids is 1. The fourth-order valence-corrected chi connectivity index (χ4v) is 2.71. The highest BCUT2D eigenvalue weighted by Gasteiger charge is 2.32. The summed E-state index contributed by atoms with van der Waals surface area (Å²) < 4.78 is 5.53. The summed E-state index contributed by atoms with van der Waals surface area (Å²) in [5.74, 6) is -0.811. The van der Waals surface area contributed by atoms with Crippen LogP contribution in [0.1, 0.15) is 39.0 Å². The van der Waals surface area contributed by atoms with Gasteiger partial charge in [-0.25, -0.2) is 4.79 Å². The molecule has 1 unspecified atom stereocenters. The van der Waals surface area contributed by atoms with Crippen molar-refractivity contribution in [3.63, 3.8) is 0 Å². The number of piperidine rings is 1. The van der Waals surface area contributed by atoms with E-state index in [1.165, 1.54) is 19.3 Å². The third kappa shape index (κ3) is 2.74. The van der Waals surface area contributed by atoms with E-state index in [1.807, 2.05) is 0 Å². The van der Waals surface area contributed by atoms with Gasteiger partial charge in [0.25, 0.3) is 0 Å². The lowest BCUT2D eigenvalue weighted by Crippen LogP contribution is -2.42. The molecule has 2 rings (SSSR count). The zero-order valence-corrected chi connectivity index (χ0v) is 9.89. The molecule has 3 atom stereocenters. The second kappa shape index (κ2) is 5.15. The monoisotopic (exact) mass is 227 g/mol. The molecule has 2 saturated heterocycles. The van der Waals surface area contributed by atoms with Crippen molar-refractivity contribution >= 4 is 5.97 Å². The summed E-state index contributed by atoms with van der Waals surface area (Å²) in [6.45, 7) is 4.30. The Morgan fingerprint density at radius 3 is 2.81 bits per heavy atom. The zero-order valence-electron chi connectivity index (χ0n) is 9.89. The number of hydrogen-bond donors (Lipinski definition) is 1. The molecule has 0 aliphatic carbocycles. The van der Waals surface area contributed by atoms with Gasteiger partial charge in [-0.1, -0.05) is 6.42 Å². The van der Waals surface area contributed by atoms with E-state index >= 15 is 0 Å². The Morgan fingerprint density at radius 2 is 2.19 bits per heavy atom. The molecule has 0 radical (unpaired) electrons. The molecule has 0 aromatic rings. The maximum absolute atomic E-state index is 10.8. The summed E-state index contributed by atoms with van der Waals surface area (Å²) in [4.78, 5) is 13.2. The topological polar surface area (TPSA) is 49.8 Å². The van der Waals surface area contributed by atoms with E-state index in [0.717, 1.165) is 19.5 Å². The third-order valence-electron chi connectivity index (χ3n) is 3.76. The highest BCUT2D eigenvalue weighted by atomic mass is 16.5. The van der Waals surface area contributed by atoms with Gasteiger partial charge in [0.15, 0.2) is 6.10 Å².